The predicted octanol–water partition coefficient (Wildman–Crippen LogP) is 1.57. The summed E-state index contributed by atoms with van der Waals surface area (Å²) in [6, 6.07) is 7.23. The maximum Gasteiger partial charge on any atom is 0.239 e. The second-order valence-corrected chi connectivity index (χ2v) is 4.66. The Hall–Kier alpha value is -2.06. The minimum absolute atomic E-state index is 0.0997. The van der Waals surface area contributed by atoms with E-state index in [1.165, 1.54) is 0 Å². The summed E-state index contributed by atoms with van der Waals surface area (Å²) in [5.74, 6) is -0.0997. The number of hydrogen-bond donors (Lipinski definition) is 2. The number of carbonyl (C=O) groups excluding carboxylic acids is 1. The summed E-state index contributed by atoms with van der Waals surface area (Å²) >= 11 is 0. The highest BCUT2D eigenvalue weighted by molar-refractivity contribution is 5.81. The minimum atomic E-state index is -0.651. The Kier molecular flexibility index (Phi) is 6.01. The highest BCUT2D eigenvalue weighted by atomic mass is 16.3. The largest absolute Gasteiger partial charge is 0.389 e. The molecule has 1 atom stereocenters. The van der Waals surface area contributed by atoms with Gasteiger partial charge in [-0.05, 0) is 25.5 Å². The molecule has 1 aromatic carbocycles. The normalized spacial score (nSPS) is 11.6. The maximum atomic E-state index is 11.6. The molecule has 1 unspecified atom stereocenters. The number of amides is 1. The summed E-state index contributed by atoms with van der Waals surface area (Å²) in [6.07, 6.45) is 0.217. The Labute approximate surface area is 119 Å². The van der Waals surface area contributed by atoms with E-state index in [1.54, 1.807) is 32.2 Å². The number of nitriles is 1. The van der Waals surface area contributed by atoms with Crippen LogP contribution in [0.3, 0.4) is 0 Å². The third-order valence-electron chi connectivity index (χ3n) is 3.06. The summed E-state index contributed by atoms with van der Waals surface area (Å²) in [5, 5.41) is 21.5. The van der Waals surface area contributed by atoms with Crippen LogP contribution >= 0.6 is 0 Å². The van der Waals surface area contributed by atoms with Crippen molar-refractivity contribution in [3.63, 3.8) is 0 Å². The topological polar surface area (TPSA) is 76.4 Å². The minimum Gasteiger partial charge on any atom is -0.389 e. The number of hydrogen-bond acceptors (Lipinski definition) is 4. The van der Waals surface area contributed by atoms with E-state index in [1.807, 2.05) is 11.8 Å². The third-order valence-corrected chi connectivity index (χ3v) is 3.06. The number of carbonyl (C=O) groups is 1. The fraction of sp³-hybridized carbons (Fsp3) is 0.467. The number of aliphatic hydroxyl groups excluding tert-OH is 1. The monoisotopic (exact) mass is 275 g/mol. The average molecular weight is 275 g/mol. The molecule has 0 spiro atoms. The molecule has 2 N–H and O–H groups in total. The quantitative estimate of drug-likeness (QED) is 0.826. The molecule has 0 aliphatic heterocycles. The SMILES string of the molecule is CCCN(CC(=O)NC)c1cc(C#N)ccc1C(C)O. The van der Waals surface area contributed by atoms with Gasteiger partial charge in [-0.2, -0.15) is 5.26 Å². The summed E-state index contributed by atoms with van der Waals surface area (Å²) in [4.78, 5) is 13.5. The zero-order valence-corrected chi connectivity index (χ0v) is 12.2. The first-order chi connectivity index (χ1) is 9.53. The van der Waals surface area contributed by atoms with Crippen molar-refractivity contribution in [3.05, 3.63) is 29.3 Å². The van der Waals surface area contributed by atoms with Gasteiger partial charge in [-0.1, -0.05) is 13.0 Å². The van der Waals surface area contributed by atoms with Gasteiger partial charge in [0.05, 0.1) is 24.3 Å². The van der Waals surface area contributed by atoms with Gasteiger partial charge in [-0.25, -0.2) is 0 Å². The Morgan fingerprint density at radius 3 is 2.75 bits per heavy atom. The molecule has 0 saturated carbocycles. The van der Waals surface area contributed by atoms with Gasteiger partial charge in [0.25, 0.3) is 0 Å². The van der Waals surface area contributed by atoms with Crippen LogP contribution in [0.15, 0.2) is 18.2 Å². The molecule has 5 nitrogen and oxygen atoms in total. The van der Waals surface area contributed by atoms with Crippen molar-refractivity contribution in [2.45, 2.75) is 26.4 Å². The first kappa shape index (κ1) is 16.0. The van der Waals surface area contributed by atoms with Crippen molar-refractivity contribution in [3.8, 4) is 6.07 Å². The molecule has 0 fully saturated rings. The van der Waals surface area contributed by atoms with E-state index >= 15 is 0 Å². The highest BCUT2D eigenvalue weighted by Crippen LogP contribution is 2.27. The van der Waals surface area contributed by atoms with Crippen LogP contribution in [0.25, 0.3) is 0 Å². The van der Waals surface area contributed by atoms with Crippen LogP contribution in [0, 0.1) is 11.3 Å². The summed E-state index contributed by atoms with van der Waals surface area (Å²) in [6.45, 7) is 4.59. The number of rotatable bonds is 6. The summed E-state index contributed by atoms with van der Waals surface area (Å²) in [5.41, 5.74) is 1.98. The van der Waals surface area contributed by atoms with Crippen LogP contribution in [-0.4, -0.2) is 31.2 Å². The lowest BCUT2D eigenvalue weighted by atomic mass is 10.0. The highest BCUT2D eigenvalue weighted by Gasteiger charge is 2.17. The number of likely N-dealkylation sites (N-methyl/N-ethyl adjacent to an activating group) is 1. The summed E-state index contributed by atoms with van der Waals surface area (Å²) in [7, 11) is 1.59. The van der Waals surface area contributed by atoms with E-state index < -0.39 is 6.10 Å². The Morgan fingerprint density at radius 2 is 2.25 bits per heavy atom. The molecule has 1 amide bonds. The first-order valence-electron chi connectivity index (χ1n) is 6.71. The van der Waals surface area contributed by atoms with Crippen molar-refractivity contribution in [1.29, 1.82) is 5.26 Å². The average Bonchev–Trinajstić information content (AvgIpc) is 2.45. The third kappa shape index (κ3) is 3.97. The van der Waals surface area contributed by atoms with Gasteiger partial charge in [0, 0.05) is 24.8 Å². The molecule has 20 heavy (non-hydrogen) atoms. The fourth-order valence-electron chi connectivity index (χ4n) is 2.05. The Bertz CT molecular complexity index is 506. The van der Waals surface area contributed by atoms with Gasteiger partial charge in [-0.3, -0.25) is 4.79 Å². The smallest absolute Gasteiger partial charge is 0.239 e. The molecule has 0 heterocycles. The van der Waals surface area contributed by atoms with Crippen molar-refractivity contribution < 1.29 is 9.90 Å². The van der Waals surface area contributed by atoms with Gasteiger partial charge < -0.3 is 15.3 Å². The molecule has 0 bridgehead atoms. The molecule has 108 valence electrons. The molecule has 5 heteroatoms. The van der Waals surface area contributed by atoms with Gasteiger partial charge in [-0.15, -0.1) is 0 Å². The number of aliphatic hydroxyl groups is 1. The van der Waals surface area contributed by atoms with Crippen molar-refractivity contribution >= 4 is 11.6 Å². The zero-order valence-electron chi connectivity index (χ0n) is 12.2. The van der Waals surface area contributed by atoms with Gasteiger partial charge in [0.15, 0.2) is 0 Å². The van der Waals surface area contributed by atoms with Crippen LogP contribution in [-0.2, 0) is 4.79 Å². The van der Waals surface area contributed by atoms with Gasteiger partial charge in [0.2, 0.25) is 5.91 Å². The lowest BCUT2D eigenvalue weighted by Gasteiger charge is -2.27. The number of benzene rings is 1. The standard InChI is InChI=1S/C15H21N3O2/c1-4-7-18(10-15(20)17-3)14-8-12(9-16)5-6-13(14)11(2)19/h5-6,8,11,19H,4,7,10H2,1-3H3,(H,17,20). The molecule has 0 aromatic heterocycles. The number of nitrogens with zero attached hydrogens (tertiary/aromatic N) is 2. The molecule has 0 aliphatic carbocycles. The molecule has 1 rings (SSSR count). The second kappa shape index (κ2) is 7.51. The molecular weight excluding hydrogens is 254 g/mol. The van der Waals surface area contributed by atoms with E-state index in [9.17, 15) is 9.90 Å². The zero-order chi connectivity index (χ0) is 15.1. The van der Waals surface area contributed by atoms with Crippen LogP contribution in [0.1, 0.15) is 37.5 Å². The molecular formula is C15H21N3O2. The maximum absolute atomic E-state index is 11.6. The van der Waals surface area contributed by atoms with Gasteiger partial charge >= 0.3 is 0 Å². The van der Waals surface area contributed by atoms with E-state index in [0.717, 1.165) is 17.7 Å². The van der Waals surface area contributed by atoms with Crippen LogP contribution < -0.4 is 10.2 Å². The lowest BCUT2D eigenvalue weighted by Crippen LogP contribution is -2.36. The molecule has 1 aromatic rings. The predicted molar refractivity (Wildman–Crippen MR) is 78.4 cm³/mol. The van der Waals surface area contributed by atoms with Crippen LogP contribution in [0.5, 0.6) is 0 Å². The second-order valence-electron chi connectivity index (χ2n) is 4.66. The fourth-order valence-corrected chi connectivity index (χ4v) is 2.05. The number of nitrogens with one attached hydrogen (secondary N) is 1. The van der Waals surface area contributed by atoms with Crippen LogP contribution in [0.2, 0.25) is 0 Å². The summed E-state index contributed by atoms with van der Waals surface area (Å²) < 4.78 is 0. The first-order valence-corrected chi connectivity index (χ1v) is 6.71. The van der Waals surface area contributed by atoms with Crippen LogP contribution in [0.4, 0.5) is 5.69 Å². The van der Waals surface area contributed by atoms with E-state index in [4.69, 9.17) is 5.26 Å². The Balaban J connectivity index is 3.21. The van der Waals surface area contributed by atoms with E-state index in [0.29, 0.717) is 12.1 Å². The Morgan fingerprint density at radius 1 is 1.55 bits per heavy atom. The van der Waals surface area contributed by atoms with Gasteiger partial charge in [0.1, 0.15) is 0 Å². The van der Waals surface area contributed by atoms with Crippen molar-refractivity contribution in [1.82, 2.24) is 5.32 Å². The molecule has 0 aliphatic rings. The van der Waals surface area contributed by atoms with Crippen molar-refractivity contribution in [2.24, 2.45) is 0 Å². The number of anilines is 1. The lowest BCUT2D eigenvalue weighted by molar-refractivity contribution is -0.119. The van der Waals surface area contributed by atoms with E-state index in [2.05, 4.69) is 11.4 Å². The van der Waals surface area contributed by atoms with Crippen molar-refractivity contribution in [2.75, 3.05) is 25.0 Å². The van der Waals surface area contributed by atoms with E-state index in [-0.39, 0.29) is 12.5 Å². The molecule has 0 saturated heterocycles. The molecule has 0 radical (unpaired) electrons.